The molecule has 4 heterocycles. The van der Waals surface area contributed by atoms with Gasteiger partial charge >= 0.3 is 0 Å². The SMILES string of the molecule is C=S(C)(=O)c1ccc(O[C@H]2CCN(C3CCN(c4cnc(Cl)cn4)CC3)C2=O)cn1. The van der Waals surface area contributed by atoms with Gasteiger partial charge in [0.25, 0.3) is 5.91 Å². The minimum Gasteiger partial charge on any atom is -0.479 e. The standard InChI is InChI=1S/C20H24ClN5O3S/c1-30(2,28)19-4-3-15(11-24-19)29-16-7-10-26(20(16)27)14-5-8-25(9-6-14)18-13-22-17(21)12-23-18/h3-4,11-14,16H,1,5-10H2,2H3/t16-,30?/m0/s1. The highest BCUT2D eigenvalue weighted by atomic mass is 35.5. The maximum absolute atomic E-state index is 12.9. The zero-order valence-electron chi connectivity index (χ0n) is 16.7. The van der Waals surface area contributed by atoms with Crippen LogP contribution in [0.2, 0.25) is 5.15 Å². The van der Waals surface area contributed by atoms with E-state index in [9.17, 15) is 9.00 Å². The number of carbonyl (C=O) groups is 1. The molecule has 160 valence electrons. The van der Waals surface area contributed by atoms with Crippen molar-refractivity contribution in [2.45, 2.75) is 36.4 Å². The Bertz CT molecular complexity index is 1010. The number of halogens is 1. The number of likely N-dealkylation sites (tertiary alicyclic amines) is 1. The molecule has 2 fully saturated rings. The van der Waals surface area contributed by atoms with Crippen molar-refractivity contribution in [3.8, 4) is 5.75 Å². The molecular formula is C20H24ClN5O3S. The van der Waals surface area contributed by atoms with Crippen molar-refractivity contribution >= 4 is 38.7 Å². The molecule has 0 spiro atoms. The van der Waals surface area contributed by atoms with Crippen molar-refractivity contribution in [3.05, 3.63) is 35.9 Å². The number of anilines is 1. The second kappa shape index (κ2) is 8.39. The number of rotatable bonds is 5. The molecule has 10 heteroatoms. The first-order valence-electron chi connectivity index (χ1n) is 9.79. The van der Waals surface area contributed by atoms with Crippen LogP contribution in [-0.2, 0) is 14.3 Å². The number of amides is 1. The van der Waals surface area contributed by atoms with Crippen LogP contribution in [-0.4, -0.2) is 73.9 Å². The second-order valence-electron chi connectivity index (χ2n) is 7.68. The Labute approximate surface area is 181 Å². The predicted molar refractivity (Wildman–Crippen MR) is 117 cm³/mol. The van der Waals surface area contributed by atoms with Crippen molar-refractivity contribution in [1.82, 2.24) is 19.9 Å². The van der Waals surface area contributed by atoms with Gasteiger partial charge in [-0.05, 0) is 30.8 Å². The van der Waals surface area contributed by atoms with E-state index >= 15 is 0 Å². The third-order valence-corrected chi connectivity index (χ3v) is 6.78. The van der Waals surface area contributed by atoms with Crippen LogP contribution in [0.15, 0.2) is 35.7 Å². The van der Waals surface area contributed by atoms with Crippen LogP contribution in [0.5, 0.6) is 5.75 Å². The van der Waals surface area contributed by atoms with Gasteiger partial charge in [0.05, 0.1) is 18.6 Å². The van der Waals surface area contributed by atoms with E-state index in [2.05, 4.69) is 25.7 Å². The first kappa shape index (κ1) is 20.9. The Kier molecular flexibility index (Phi) is 5.84. The highest BCUT2D eigenvalue weighted by Gasteiger charge is 2.38. The summed E-state index contributed by atoms with van der Waals surface area (Å²) in [7, 11) is -2.37. The summed E-state index contributed by atoms with van der Waals surface area (Å²) in [5, 5.41) is 0.799. The van der Waals surface area contributed by atoms with Gasteiger partial charge in [0.15, 0.2) is 6.10 Å². The fourth-order valence-corrected chi connectivity index (χ4v) is 4.61. The van der Waals surface area contributed by atoms with E-state index in [1.165, 1.54) is 6.20 Å². The summed E-state index contributed by atoms with van der Waals surface area (Å²) < 4.78 is 17.8. The number of nitrogens with zero attached hydrogens (tertiary/aromatic N) is 5. The van der Waals surface area contributed by atoms with Crippen molar-refractivity contribution in [1.29, 1.82) is 0 Å². The van der Waals surface area contributed by atoms with Crippen LogP contribution in [0.3, 0.4) is 0 Å². The first-order valence-corrected chi connectivity index (χ1v) is 12.3. The summed E-state index contributed by atoms with van der Waals surface area (Å²) in [5.41, 5.74) is 0. The van der Waals surface area contributed by atoms with E-state index in [1.54, 1.807) is 30.8 Å². The molecule has 0 saturated carbocycles. The molecule has 30 heavy (non-hydrogen) atoms. The molecule has 4 rings (SSSR count). The zero-order chi connectivity index (χ0) is 21.3. The molecule has 2 aliphatic rings. The Balaban J connectivity index is 1.33. The zero-order valence-corrected chi connectivity index (χ0v) is 18.3. The lowest BCUT2D eigenvalue weighted by Gasteiger charge is -2.37. The summed E-state index contributed by atoms with van der Waals surface area (Å²) >= 11 is 5.81. The molecule has 2 atom stereocenters. The molecule has 1 amide bonds. The smallest absolute Gasteiger partial charge is 0.263 e. The van der Waals surface area contributed by atoms with E-state index in [-0.39, 0.29) is 11.9 Å². The maximum Gasteiger partial charge on any atom is 0.263 e. The summed E-state index contributed by atoms with van der Waals surface area (Å²) in [6.45, 7) is 2.30. The number of aromatic nitrogens is 3. The van der Waals surface area contributed by atoms with Crippen molar-refractivity contribution in [2.75, 3.05) is 30.8 Å². The van der Waals surface area contributed by atoms with Crippen LogP contribution in [0.1, 0.15) is 19.3 Å². The second-order valence-corrected chi connectivity index (χ2v) is 10.5. The van der Waals surface area contributed by atoms with Gasteiger partial charge in [-0.1, -0.05) is 11.6 Å². The number of pyridine rings is 1. The van der Waals surface area contributed by atoms with E-state index < -0.39 is 15.6 Å². The Morgan fingerprint density at radius 2 is 1.87 bits per heavy atom. The van der Waals surface area contributed by atoms with Gasteiger partial charge in [-0.2, -0.15) is 0 Å². The lowest BCUT2D eigenvalue weighted by Crippen LogP contribution is -2.47. The van der Waals surface area contributed by atoms with E-state index in [4.69, 9.17) is 16.3 Å². The van der Waals surface area contributed by atoms with Gasteiger partial charge in [0.1, 0.15) is 21.7 Å². The number of carbonyl (C=O) groups excluding carboxylic acids is 1. The molecule has 1 unspecified atom stereocenters. The summed E-state index contributed by atoms with van der Waals surface area (Å²) in [6, 6.07) is 3.52. The Hall–Kier alpha value is -2.39. The average Bonchev–Trinajstić information content (AvgIpc) is 3.09. The molecule has 0 N–H and O–H groups in total. The number of ether oxygens (including phenoxy) is 1. The largest absolute Gasteiger partial charge is 0.479 e. The van der Waals surface area contributed by atoms with Crippen LogP contribution in [0.25, 0.3) is 0 Å². The van der Waals surface area contributed by atoms with Gasteiger partial charge in [-0.3, -0.25) is 9.00 Å². The molecule has 8 nitrogen and oxygen atoms in total. The summed E-state index contributed by atoms with van der Waals surface area (Å²) in [6.07, 6.45) is 8.14. The third kappa shape index (κ3) is 4.52. The van der Waals surface area contributed by atoms with Crippen molar-refractivity contribution in [3.63, 3.8) is 0 Å². The van der Waals surface area contributed by atoms with E-state index in [0.29, 0.717) is 28.9 Å². The molecule has 0 bridgehead atoms. The van der Waals surface area contributed by atoms with Gasteiger partial charge in [0, 0.05) is 47.9 Å². The normalized spacial score (nSPS) is 22.2. The summed E-state index contributed by atoms with van der Waals surface area (Å²) in [4.78, 5) is 29.6. The lowest BCUT2D eigenvalue weighted by atomic mass is 10.0. The lowest BCUT2D eigenvalue weighted by molar-refractivity contribution is -0.135. The molecule has 2 saturated heterocycles. The van der Waals surface area contributed by atoms with Crippen LogP contribution in [0.4, 0.5) is 5.82 Å². The van der Waals surface area contributed by atoms with Gasteiger partial charge < -0.3 is 14.5 Å². The highest BCUT2D eigenvalue weighted by molar-refractivity contribution is 7.99. The fourth-order valence-electron chi connectivity index (χ4n) is 3.88. The molecule has 0 aliphatic carbocycles. The quantitative estimate of drug-likeness (QED) is 0.644. The topological polar surface area (TPSA) is 88.5 Å². The molecule has 2 aromatic heterocycles. The van der Waals surface area contributed by atoms with Crippen LogP contribution in [0, 0.1) is 0 Å². The monoisotopic (exact) mass is 449 g/mol. The molecule has 2 aliphatic heterocycles. The highest BCUT2D eigenvalue weighted by Crippen LogP contribution is 2.27. The molecule has 0 radical (unpaired) electrons. The van der Waals surface area contributed by atoms with E-state index in [0.717, 1.165) is 31.7 Å². The third-order valence-electron chi connectivity index (χ3n) is 5.46. The van der Waals surface area contributed by atoms with Gasteiger partial charge in [0.2, 0.25) is 0 Å². The number of hydrogen-bond acceptors (Lipinski definition) is 7. The Morgan fingerprint density at radius 1 is 1.10 bits per heavy atom. The van der Waals surface area contributed by atoms with Crippen molar-refractivity contribution < 1.29 is 13.7 Å². The maximum atomic E-state index is 12.9. The number of hydrogen-bond donors (Lipinski definition) is 0. The van der Waals surface area contributed by atoms with Gasteiger partial charge in [-0.15, -0.1) is 0 Å². The molecule has 2 aromatic rings. The first-order chi connectivity index (χ1) is 14.3. The minimum atomic E-state index is -2.37. The predicted octanol–water partition coefficient (Wildman–Crippen LogP) is 1.88. The molecule has 0 aromatic carbocycles. The molecular weight excluding hydrogens is 426 g/mol. The van der Waals surface area contributed by atoms with Crippen LogP contribution >= 0.6 is 11.6 Å². The van der Waals surface area contributed by atoms with Gasteiger partial charge in [-0.25, -0.2) is 15.0 Å². The fraction of sp³-hybridized carbons (Fsp3) is 0.450. The average molecular weight is 450 g/mol. The number of piperidine rings is 1. The van der Waals surface area contributed by atoms with E-state index in [1.807, 2.05) is 4.90 Å². The van der Waals surface area contributed by atoms with Crippen molar-refractivity contribution in [2.24, 2.45) is 0 Å². The minimum absolute atomic E-state index is 0.0141. The summed E-state index contributed by atoms with van der Waals surface area (Å²) in [5.74, 6) is 4.94. The van der Waals surface area contributed by atoms with Crippen LogP contribution < -0.4 is 9.64 Å². The Morgan fingerprint density at radius 3 is 2.47 bits per heavy atom.